The van der Waals surface area contributed by atoms with Gasteiger partial charge >= 0.3 is 0 Å². The topological polar surface area (TPSA) is 49.7 Å². The van der Waals surface area contributed by atoms with E-state index in [9.17, 15) is 0 Å². The van der Waals surface area contributed by atoms with Crippen LogP contribution in [-0.4, -0.2) is 37.7 Å². The Balaban J connectivity index is 1.33. The van der Waals surface area contributed by atoms with E-state index in [1.807, 2.05) is 17.8 Å². The Hall–Kier alpha value is -2.14. The van der Waals surface area contributed by atoms with Crippen LogP contribution >= 0.6 is 0 Å². The van der Waals surface area contributed by atoms with Gasteiger partial charge in [-0.2, -0.15) is 0 Å². The Morgan fingerprint density at radius 3 is 2.87 bits per heavy atom. The number of hydrogen-bond donors (Lipinski definition) is 1. The average molecular weight is 309 g/mol. The molecule has 1 aliphatic heterocycles. The predicted octanol–water partition coefficient (Wildman–Crippen LogP) is 2.75. The quantitative estimate of drug-likeness (QED) is 0.806. The maximum Gasteiger partial charge on any atom is 0.132 e. The summed E-state index contributed by atoms with van der Waals surface area (Å²) in [5.41, 5.74) is 2.62. The minimum absolute atomic E-state index is 0.737. The van der Waals surface area contributed by atoms with E-state index in [0.717, 1.165) is 24.7 Å². The molecule has 3 heterocycles. The first-order valence-corrected chi connectivity index (χ1v) is 8.39. The number of likely N-dealkylation sites (tertiary alicyclic amines) is 1. The van der Waals surface area contributed by atoms with E-state index >= 15 is 0 Å². The molecule has 23 heavy (non-hydrogen) atoms. The van der Waals surface area contributed by atoms with Crippen LogP contribution in [0.25, 0.3) is 10.9 Å². The number of aromatic nitrogens is 4. The number of hydrogen-bond acceptors (Lipinski definition) is 3. The van der Waals surface area contributed by atoms with Gasteiger partial charge in [0.05, 0.1) is 0 Å². The highest BCUT2D eigenvalue weighted by Gasteiger charge is 2.21. The Labute approximate surface area is 136 Å². The highest BCUT2D eigenvalue weighted by molar-refractivity contribution is 5.79. The summed E-state index contributed by atoms with van der Waals surface area (Å²) in [5, 5.41) is 9.50. The fourth-order valence-electron chi connectivity index (χ4n) is 3.56. The van der Waals surface area contributed by atoms with E-state index in [1.165, 1.54) is 42.4 Å². The van der Waals surface area contributed by atoms with E-state index in [-0.39, 0.29) is 0 Å². The van der Waals surface area contributed by atoms with Crippen LogP contribution in [0.4, 0.5) is 0 Å². The van der Waals surface area contributed by atoms with Crippen molar-refractivity contribution in [3.63, 3.8) is 0 Å². The lowest BCUT2D eigenvalue weighted by molar-refractivity contribution is 0.175. The van der Waals surface area contributed by atoms with Crippen molar-refractivity contribution in [2.75, 3.05) is 13.1 Å². The van der Waals surface area contributed by atoms with Gasteiger partial charge in [0.2, 0.25) is 0 Å². The second-order valence-electron chi connectivity index (χ2n) is 6.68. The normalized spacial score (nSPS) is 17.1. The van der Waals surface area contributed by atoms with Crippen molar-refractivity contribution in [3.8, 4) is 0 Å². The van der Waals surface area contributed by atoms with Crippen molar-refractivity contribution in [1.29, 1.82) is 0 Å². The minimum atomic E-state index is 0.737. The number of fused-ring (bicyclic) bond motifs is 1. The van der Waals surface area contributed by atoms with Crippen molar-refractivity contribution in [1.82, 2.24) is 24.6 Å². The first-order chi connectivity index (χ1) is 11.3. The van der Waals surface area contributed by atoms with Crippen LogP contribution in [-0.2, 0) is 20.0 Å². The molecule has 1 N–H and O–H groups in total. The first kappa shape index (κ1) is 14.5. The molecular weight excluding hydrogens is 286 g/mol. The summed E-state index contributed by atoms with van der Waals surface area (Å²) in [6.07, 6.45) is 7.35. The molecule has 4 rings (SSSR count). The Kier molecular flexibility index (Phi) is 3.87. The zero-order valence-corrected chi connectivity index (χ0v) is 13.6. The average Bonchev–Trinajstić information content (AvgIpc) is 3.18. The monoisotopic (exact) mass is 309 g/mol. The summed E-state index contributed by atoms with van der Waals surface area (Å²) in [6.45, 7) is 3.40. The highest BCUT2D eigenvalue weighted by atomic mass is 15.2. The summed E-state index contributed by atoms with van der Waals surface area (Å²) < 4.78 is 2.04. The third kappa shape index (κ3) is 3.15. The third-order valence-electron chi connectivity index (χ3n) is 5.01. The van der Waals surface area contributed by atoms with Gasteiger partial charge in [0.15, 0.2) is 0 Å². The largest absolute Gasteiger partial charge is 0.361 e. The van der Waals surface area contributed by atoms with E-state index in [1.54, 1.807) is 6.33 Å². The smallest absolute Gasteiger partial charge is 0.132 e. The Bertz CT molecular complexity index is 779. The van der Waals surface area contributed by atoms with E-state index in [4.69, 9.17) is 0 Å². The molecule has 0 atom stereocenters. The van der Waals surface area contributed by atoms with Crippen molar-refractivity contribution >= 4 is 10.9 Å². The molecule has 0 aliphatic carbocycles. The summed E-state index contributed by atoms with van der Waals surface area (Å²) >= 11 is 0. The lowest BCUT2D eigenvalue weighted by Crippen LogP contribution is -2.34. The molecule has 0 spiro atoms. The first-order valence-electron chi connectivity index (χ1n) is 8.39. The van der Waals surface area contributed by atoms with Crippen LogP contribution in [0.1, 0.15) is 24.2 Å². The number of rotatable bonds is 4. The molecule has 0 bridgehead atoms. The van der Waals surface area contributed by atoms with Crippen LogP contribution in [0.2, 0.25) is 0 Å². The predicted molar refractivity (Wildman–Crippen MR) is 91.0 cm³/mol. The van der Waals surface area contributed by atoms with Crippen molar-refractivity contribution in [2.24, 2.45) is 13.0 Å². The van der Waals surface area contributed by atoms with Gasteiger partial charge in [-0.3, -0.25) is 4.90 Å². The van der Waals surface area contributed by atoms with Gasteiger partial charge < -0.3 is 9.55 Å². The number of piperidine rings is 1. The van der Waals surface area contributed by atoms with Crippen LogP contribution in [0.15, 0.2) is 36.8 Å². The fourth-order valence-corrected chi connectivity index (χ4v) is 3.56. The maximum absolute atomic E-state index is 4.22. The molecule has 1 aliphatic rings. The van der Waals surface area contributed by atoms with Crippen LogP contribution in [0.3, 0.4) is 0 Å². The summed E-state index contributed by atoms with van der Waals surface area (Å²) in [6, 6.07) is 8.87. The molecule has 5 heteroatoms. The molecule has 5 nitrogen and oxygen atoms in total. The molecule has 0 amide bonds. The number of nitrogens with zero attached hydrogens (tertiary/aromatic N) is 4. The second-order valence-corrected chi connectivity index (χ2v) is 6.68. The van der Waals surface area contributed by atoms with Gasteiger partial charge in [0.1, 0.15) is 12.2 Å². The van der Waals surface area contributed by atoms with Crippen molar-refractivity contribution < 1.29 is 0 Å². The lowest BCUT2D eigenvalue weighted by atomic mass is 9.93. The van der Waals surface area contributed by atoms with Crippen molar-refractivity contribution in [3.05, 3.63) is 48.2 Å². The number of H-pyrrole nitrogens is 1. The fraction of sp³-hybridized carbons (Fsp3) is 0.444. The zero-order chi connectivity index (χ0) is 15.6. The van der Waals surface area contributed by atoms with E-state index in [2.05, 4.69) is 44.3 Å². The van der Waals surface area contributed by atoms with Crippen LogP contribution < -0.4 is 0 Å². The Morgan fingerprint density at radius 1 is 1.22 bits per heavy atom. The van der Waals surface area contributed by atoms with Gasteiger partial charge in [0, 0.05) is 31.7 Å². The standard InChI is InChI=1S/C18H23N5/c1-22-13-20-21-18(22)11-14-5-8-23(9-6-14)12-15-2-3-17-16(10-15)4-7-19-17/h2-4,7,10,13-14,19H,5-6,8-9,11-12H2,1H3. The molecule has 2 aromatic heterocycles. The molecule has 120 valence electrons. The zero-order valence-electron chi connectivity index (χ0n) is 13.6. The summed E-state index contributed by atoms with van der Waals surface area (Å²) in [7, 11) is 2.03. The maximum atomic E-state index is 4.22. The number of nitrogens with one attached hydrogen (secondary N) is 1. The van der Waals surface area contributed by atoms with Gasteiger partial charge in [-0.15, -0.1) is 10.2 Å². The van der Waals surface area contributed by atoms with E-state index < -0.39 is 0 Å². The second kappa shape index (κ2) is 6.16. The third-order valence-corrected chi connectivity index (χ3v) is 5.01. The lowest BCUT2D eigenvalue weighted by Gasteiger charge is -2.31. The SMILES string of the molecule is Cn1cnnc1CC1CCN(Cc2ccc3[nH]ccc3c2)CC1. The van der Waals surface area contributed by atoms with Crippen LogP contribution in [0, 0.1) is 5.92 Å². The minimum Gasteiger partial charge on any atom is -0.361 e. The van der Waals surface area contributed by atoms with Crippen LogP contribution in [0.5, 0.6) is 0 Å². The number of benzene rings is 1. The summed E-state index contributed by atoms with van der Waals surface area (Å²) in [5.74, 6) is 1.85. The molecule has 1 aromatic carbocycles. The molecule has 0 unspecified atom stereocenters. The highest BCUT2D eigenvalue weighted by Crippen LogP contribution is 2.23. The van der Waals surface area contributed by atoms with Crippen molar-refractivity contribution in [2.45, 2.75) is 25.8 Å². The molecule has 3 aromatic rings. The van der Waals surface area contributed by atoms with E-state index in [0.29, 0.717) is 0 Å². The number of aromatic amines is 1. The molecule has 0 radical (unpaired) electrons. The molecule has 0 saturated carbocycles. The summed E-state index contributed by atoms with van der Waals surface area (Å²) in [4.78, 5) is 5.83. The van der Waals surface area contributed by atoms with Gasteiger partial charge in [-0.05, 0) is 61.0 Å². The molecule has 1 fully saturated rings. The van der Waals surface area contributed by atoms with Gasteiger partial charge in [-0.1, -0.05) is 6.07 Å². The molecular formula is C18H23N5. The number of aryl methyl sites for hydroxylation is 1. The van der Waals surface area contributed by atoms with Gasteiger partial charge in [0.25, 0.3) is 0 Å². The van der Waals surface area contributed by atoms with Gasteiger partial charge in [-0.25, -0.2) is 0 Å². The Morgan fingerprint density at radius 2 is 2.09 bits per heavy atom. The molecule has 1 saturated heterocycles.